The summed E-state index contributed by atoms with van der Waals surface area (Å²) in [5.74, 6) is 0. The van der Waals surface area contributed by atoms with Gasteiger partial charge in [0.05, 0.1) is 0 Å². The van der Waals surface area contributed by atoms with Crippen LogP contribution in [0.2, 0.25) is 0 Å². The van der Waals surface area contributed by atoms with E-state index in [9.17, 15) is 0 Å². The van der Waals surface area contributed by atoms with Crippen LogP contribution in [0.25, 0.3) is 10.4 Å². The van der Waals surface area contributed by atoms with E-state index in [0.29, 0.717) is 11.5 Å². The lowest BCUT2D eigenvalue weighted by Crippen LogP contribution is -2.21. The van der Waals surface area contributed by atoms with Crippen molar-refractivity contribution in [3.05, 3.63) is 45.3 Å². The van der Waals surface area contributed by atoms with Crippen LogP contribution in [-0.4, -0.2) is 0 Å². The summed E-state index contributed by atoms with van der Waals surface area (Å²) in [6.45, 7) is 7.17. The second-order valence-corrected chi connectivity index (χ2v) is 9.26. The summed E-state index contributed by atoms with van der Waals surface area (Å²) in [6.07, 6.45) is 6.13. The van der Waals surface area contributed by atoms with E-state index < -0.39 is 0 Å². The maximum atomic E-state index is 4.31. The topological polar surface area (TPSA) is 12.0 Å². The number of nitrogens with one attached hydrogen (secondary N) is 1. The summed E-state index contributed by atoms with van der Waals surface area (Å²) in [6, 6.07) is 7.22. The van der Waals surface area contributed by atoms with E-state index in [4.69, 9.17) is 0 Å². The lowest BCUT2D eigenvalue weighted by atomic mass is 9.76. The molecule has 23 heavy (non-hydrogen) atoms. The number of hydrogen-bond donors (Lipinski definition) is 2. The van der Waals surface area contributed by atoms with E-state index in [0.717, 1.165) is 12.8 Å². The minimum absolute atomic E-state index is 0.405. The van der Waals surface area contributed by atoms with E-state index in [1.54, 1.807) is 16.0 Å². The Morgan fingerprint density at radius 1 is 1.22 bits per heavy atom. The Balaban J connectivity index is 1.82. The Hall–Kier alpha value is -0.770. The molecule has 0 bridgehead atoms. The van der Waals surface area contributed by atoms with Crippen LogP contribution in [0, 0.1) is 12.3 Å². The van der Waals surface area contributed by atoms with Gasteiger partial charge < -0.3 is 0 Å². The normalized spacial score (nSPS) is 22.0. The van der Waals surface area contributed by atoms with Crippen LogP contribution in [0.1, 0.15) is 59.9 Å². The van der Waals surface area contributed by atoms with Crippen molar-refractivity contribution in [3.63, 3.8) is 0 Å². The molecule has 4 rings (SSSR count). The van der Waals surface area contributed by atoms with E-state index in [1.807, 2.05) is 0 Å². The van der Waals surface area contributed by atoms with Gasteiger partial charge in [-0.3, -0.25) is 4.72 Å². The third-order valence-corrected chi connectivity index (χ3v) is 7.45. The maximum Gasteiger partial charge on any atom is 0.0425 e. The van der Waals surface area contributed by atoms with Crippen molar-refractivity contribution in [2.24, 2.45) is 5.41 Å². The minimum Gasteiger partial charge on any atom is -0.259 e. The molecule has 122 valence electrons. The van der Waals surface area contributed by atoms with Crippen LogP contribution in [0.3, 0.4) is 0 Å². The van der Waals surface area contributed by atoms with Crippen molar-refractivity contribution in [3.8, 4) is 10.4 Å². The molecule has 0 saturated heterocycles. The third-order valence-electron chi connectivity index (χ3n) is 5.71. The average Bonchev–Trinajstić information content (AvgIpc) is 3.08. The number of rotatable bonds is 2. The van der Waals surface area contributed by atoms with Crippen LogP contribution < -0.4 is 4.72 Å². The molecule has 1 N–H and O–H groups in total. The SMILES string of the molecule is Cc1c(-c2cccc3c2CCC3NS)sc2c1CC(C)(C)CC2. The Bertz CT molecular complexity index is 757. The summed E-state index contributed by atoms with van der Waals surface area (Å²) < 4.78 is 3.17. The third kappa shape index (κ3) is 2.57. The monoisotopic (exact) mass is 343 g/mol. The summed E-state index contributed by atoms with van der Waals surface area (Å²) in [7, 11) is 0. The molecule has 1 unspecified atom stereocenters. The smallest absolute Gasteiger partial charge is 0.0425 e. The highest BCUT2D eigenvalue weighted by Gasteiger charge is 2.31. The zero-order valence-electron chi connectivity index (χ0n) is 14.2. The molecule has 0 saturated carbocycles. The second-order valence-electron chi connectivity index (χ2n) is 7.89. The number of thiophene rings is 1. The number of thiol groups is 1. The maximum absolute atomic E-state index is 4.31. The van der Waals surface area contributed by atoms with Gasteiger partial charge in [-0.1, -0.05) is 44.9 Å². The molecular formula is C20H25NS2. The van der Waals surface area contributed by atoms with Gasteiger partial charge in [0.25, 0.3) is 0 Å². The molecule has 1 atom stereocenters. The second kappa shape index (κ2) is 5.65. The first-order valence-electron chi connectivity index (χ1n) is 8.63. The molecule has 2 aromatic rings. The van der Waals surface area contributed by atoms with Crippen molar-refractivity contribution in [1.29, 1.82) is 0 Å². The fourth-order valence-electron chi connectivity index (χ4n) is 4.32. The number of hydrogen-bond acceptors (Lipinski definition) is 3. The van der Waals surface area contributed by atoms with Gasteiger partial charge in [-0.2, -0.15) is 0 Å². The molecule has 1 aromatic heterocycles. The first kappa shape index (κ1) is 15.7. The van der Waals surface area contributed by atoms with Crippen molar-refractivity contribution in [1.82, 2.24) is 4.72 Å². The van der Waals surface area contributed by atoms with Crippen LogP contribution >= 0.6 is 24.2 Å². The van der Waals surface area contributed by atoms with Crippen LogP contribution in [0.4, 0.5) is 0 Å². The van der Waals surface area contributed by atoms with Crippen molar-refractivity contribution in [2.75, 3.05) is 0 Å². The van der Waals surface area contributed by atoms with Crippen molar-refractivity contribution >= 4 is 24.2 Å². The number of fused-ring (bicyclic) bond motifs is 2. The van der Waals surface area contributed by atoms with Gasteiger partial charge in [0, 0.05) is 15.8 Å². The van der Waals surface area contributed by atoms with E-state index in [-0.39, 0.29) is 0 Å². The molecule has 1 nitrogen and oxygen atoms in total. The highest BCUT2D eigenvalue weighted by atomic mass is 32.1. The van der Waals surface area contributed by atoms with Crippen molar-refractivity contribution < 1.29 is 0 Å². The Morgan fingerprint density at radius 2 is 2.04 bits per heavy atom. The highest BCUT2D eigenvalue weighted by molar-refractivity contribution is 7.78. The molecule has 2 aliphatic rings. The molecule has 3 heteroatoms. The molecule has 0 fully saturated rings. The predicted octanol–water partition coefficient (Wildman–Crippen LogP) is 5.66. The van der Waals surface area contributed by atoms with Gasteiger partial charge in [0.15, 0.2) is 0 Å². The number of benzene rings is 1. The average molecular weight is 344 g/mol. The summed E-state index contributed by atoms with van der Waals surface area (Å²) in [4.78, 5) is 3.15. The van der Waals surface area contributed by atoms with Gasteiger partial charge in [-0.05, 0) is 72.3 Å². The van der Waals surface area contributed by atoms with E-state index in [1.165, 1.54) is 40.8 Å². The van der Waals surface area contributed by atoms with E-state index >= 15 is 0 Å². The van der Waals surface area contributed by atoms with Gasteiger partial charge in [-0.25, -0.2) is 0 Å². The lowest BCUT2D eigenvalue weighted by molar-refractivity contribution is 0.317. The molecule has 0 aliphatic heterocycles. The van der Waals surface area contributed by atoms with Gasteiger partial charge >= 0.3 is 0 Å². The zero-order valence-corrected chi connectivity index (χ0v) is 15.9. The standard InChI is InChI=1S/C20H25NS2/c1-12-16-11-20(2,3)10-9-18(16)23-19(12)15-6-4-5-14-13(15)7-8-17(14)21-22/h4-6,17,21-22H,7-11H2,1-3H3. The highest BCUT2D eigenvalue weighted by Crippen LogP contribution is 2.47. The van der Waals surface area contributed by atoms with Crippen LogP contribution in [0.15, 0.2) is 18.2 Å². The Labute approximate surface area is 149 Å². The predicted molar refractivity (Wildman–Crippen MR) is 103 cm³/mol. The van der Waals surface area contributed by atoms with Crippen LogP contribution in [-0.2, 0) is 19.3 Å². The quantitative estimate of drug-likeness (QED) is 0.670. The fraction of sp³-hybridized carbons (Fsp3) is 0.500. The summed E-state index contributed by atoms with van der Waals surface area (Å²) in [5, 5.41) is 0. The Kier molecular flexibility index (Phi) is 3.86. The molecule has 2 aliphatic carbocycles. The summed E-state index contributed by atoms with van der Waals surface area (Å²) >= 11 is 6.36. The van der Waals surface area contributed by atoms with Crippen molar-refractivity contribution in [2.45, 2.75) is 58.9 Å². The van der Waals surface area contributed by atoms with Gasteiger partial charge in [-0.15, -0.1) is 11.3 Å². The lowest BCUT2D eigenvalue weighted by Gasteiger charge is -2.29. The molecule has 0 spiro atoms. The van der Waals surface area contributed by atoms with E-state index in [2.05, 4.69) is 67.8 Å². The van der Waals surface area contributed by atoms with Crippen LogP contribution in [0.5, 0.6) is 0 Å². The van der Waals surface area contributed by atoms with Gasteiger partial charge in [0.2, 0.25) is 0 Å². The molecule has 0 radical (unpaired) electrons. The first-order chi connectivity index (χ1) is 11.0. The fourth-order valence-corrected chi connectivity index (χ4v) is 5.96. The minimum atomic E-state index is 0.405. The molecule has 0 amide bonds. The van der Waals surface area contributed by atoms with Gasteiger partial charge in [0.1, 0.15) is 0 Å². The Morgan fingerprint density at radius 3 is 2.83 bits per heavy atom. The molecule has 1 heterocycles. The first-order valence-corrected chi connectivity index (χ1v) is 9.89. The molecule has 1 aromatic carbocycles. The zero-order chi connectivity index (χ0) is 16.2. The number of aryl methyl sites for hydroxylation is 1. The largest absolute Gasteiger partial charge is 0.259 e. The summed E-state index contributed by atoms with van der Waals surface area (Å²) in [5.41, 5.74) is 8.09. The molecular weight excluding hydrogens is 318 g/mol.